The topological polar surface area (TPSA) is 44.1 Å². The molecule has 1 aromatic carbocycles. The Balaban J connectivity index is 2.35. The predicted molar refractivity (Wildman–Crippen MR) is 92.1 cm³/mol. The van der Waals surface area contributed by atoms with Crippen LogP contribution in [0.2, 0.25) is 5.02 Å². The summed E-state index contributed by atoms with van der Waals surface area (Å²) in [6, 6.07) is 7.59. The molecule has 1 unspecified atom stereocenters. The molecule has 0 fully saturated rings. The van der Waals surface area contributed by atoms with Crippen LogP contribution in [0.5, 0.6) is 5.88 Å². The second-order valence-corrected chi connectivity index (χ2v) is 7.30. The lowest BCUT2D eigenvalue weighted by Crippen LogP contribution is -2.27. The smallest absolute Gasteiger partial charge is 0.317 e. The van der Waals surface area contributed by atoms with E-state index in [0.29, 0.717) is 10.9 Å². The Morgan fingerprint density at radius 1 is 1.26 bits per heavy atom. The largest absolute Gasteiger partial charge is 0.407 e. The van der Waals surface area contributed by atoms with E-state index in [9.17, 15) is 4.79 Å². The maximum absolute atomic E-state index is 12.2. The Kier molecular flexibility index (Phi) is 4.85. The molecule has 0 spiro atoms. The van der Waals surface area contributed by atoms with Crippen LogP contribution in [0.1, 0.15) is 50.6 Å². The second-order valence-electron chi connectivity index (χ2n) is 6.89. The fourth-order valence-electron chi connectivity index (χ4n) is 2.10. The maximum atomic E-state index is 12.2. The third-order valence-corrected chi connectivity index (χ3v) is 4.09. The lowest BCUT2D eigenvalue weighted by molar-refractivity contribution is -0.143. The van der Waals surface area contributed by atoms with Crippen LogP contribution in [-0.2, 0) is 4.79 Å². The Hall–Kier alpha value is -1.81. The van der Waals surface area contributed by atoms with Crippen LogP contribution < -0.4 is 4.74 Å². The third-order valence-electron chi connectivity index (χ3n) is 3.68. The second kappa shape index (κ2) is 6.36. The molecule has 0 aliphatic rings. The maximum Gasteiger partial charge on any atom is 0.317 e. The van der Waals surface area contributed by atoms with Crippen molar-refractivity contribution < 1.29 is 9.53 Å². The van der Waals surface area contributed by atoms with Crippen molar-refractivity contribution in [1.82, 2.24) is 9.78 Å². The zero-order valence-electron chi connectivity index (χ0n) is 14.5. The molecule has 1 heterocycles. The van der Waals surface area contributed by atoms with Gasteiger partial charge in [-0.3, -0.25) is 4.79 Å². The number of carbonyl (C=O) groups is 1. The Morgan fingerprint density at radius 3 is 2.48 bits per heavy atom. The highest BCUT2D eigenvalue weighted by Gasteiger charge is 2.26. The lowest BCUT2D eigenvalue weighted by Gasteiger charge is -2.19. The van der Waals surface area contributed by atoms with Crippen LogP contribution in [0.25, 0.3) is 0 Å². The first-order valence-corrected chi connectivity index (χ1v) is 8.02. The summed E-state index contributed by atoms with van der Waals surface area (Å²) in [6.45, 7) is 11.3. The number of carbonyl (C=O) groups excluding carboxylic acids is 1. The van der Waals surface area contributed by atoms with Gasteiger partial charge in [0, 0.05) is 11.1 Å². The molecule has 23 heavy (non-hydrogen) atoms. The van der Waals surface area contributed by atoms with E-state index in [1.807, 2.05) is 59.7 Å². The average molecular weight is 335 g/mol. The van der Waals surface area contributed by atoms with Crippen molar-refractivity contribution in [2.24, 2.45) is 5.41 Å². The molecule has 0 saturated carbocycles. The van der Waals surface area contributed by atoms with Gasteiger partial charge in [-0.25, -0.2) is 4.68 Å². The van der Waals surface area contributed by atoms with E-state index in [2.05, 4.69) is 5.10 Å². The molecule has 0 aliphatic heterocycles. The van der Waals surface area contributed by atoms with E-state index in [1.165, 1.54) is 0 Å². The van der Waals surface area contributed by atoms with Gasteiger partial charge in [-0.2, -0.15) is 5.10 Å². The monoisotopic (exact) mass is 334 g/mol. The average Bonchev–Trinajstić information content (AvgIpc) is 2.80. The first kappa shape index (κ1) is 17.5. The number of benzene rings is 1. The number of esters is 1. The molecule has 0 aliphatic carbocycles. The van der Waals surface area contributed by atoms with Crippen LogP contribution in [0.3, 0.4) is 0 Å². The van der Waals surface area contributed by atoms with E-state index in [4.69, 9.17) is 16.3 Å². The van der Waals surface area contributed by atoms with E-state index >= 15 is 0 Å². The van der Waals surface area contributed by atoms with E-state index < -0.39 is 5.41 Å². The molecule has 4 nitrogen and oxygen atoms in total. The van der Waals surface area contributed by atoms with Crippen LogP contribution in [0.4, 0.5) is 0 Å². The summed E-state index contributed by atoms with van der Waals surface area (Å²) in [5.74, 6) is 0.166. The molecule has 0 N–H and O–H groups in total. The minimum absolute atomic E-state index is 0.0930. The highest BCUT2D eigenvalue weighted by atomic mass is 35.5. The summed E-state index contributed by atoms with van der Waals surface area (Å²) in [4.78, 5) is 12.2. The lowest BCUT2D eigenvalue weighted by atomic mass is 9.97. The number of hydrogen-bond acceptors (Lipinski definition) is 3. The molecule has 124 valence electrons. The van der Waals surface area contributed by atoms with Crippen LogP contribution >= 0.6 is 11.6 Å². The number of halogens is 1. The molecular weight excluding hydrogens is 312 g/mol. The van der Waals surface area contributed by atoms with Crippen molar-refractivity contribution in [3.05, 3.63) is 46.1 Å². The molecule has 0 bridgehead atoms. The summed E-state index contributed by atoms with van der Waals surface area (Å²) < 4.78 is 7.28. The number of ether oxygens (including phenoxy) is 1. The van der Waals surface area contributed by atoms with Gasteiger partial charge in [-0.05, 0) is 58.7 Å². The van der Waals surface area contributed by atoms with Crippen molar-refractivity contribution >= 4 is 17.6 Å². The predicted octanol–water partition coefficient (Wildman–Crippen LogP) is 4.71. The zero-order valence-corrected chi connectivity index (χ0v) is 15.2. The fraction of sp³-hybridized carbons (Fsp3) is 0.444. The molecule has 0 amide bonds. The number of rotatable bonds is 3. The van der Waals surface area contributed by atoms with E-state index in [1.54, 1.807) is 10.7 Å². The quantitative estimate of drug-likeness (QED) is 0.763. The highest BCUT2D eigenvalue weighted by Crippen LogP contribution is 2.28. The van der Waals surface area contributed by atoms with E-state index in [-0.39, 0.29) is 12.0 Å². The fourth-order valence-corrected chi connectivity index (χ4v) is 2.29. The van der Waals surface area contributed by atoms with Crippen LogP contribution in [0.15, 0.2) is 24.3 Å². The summed E-state index contributed by atoms with van der Waals surface area (Å²) in [6.07, 6.45) is 0. The van der Waals surface area contributed by atoms with Gasteiger partial charge in [-0.1, -0.05) is 23.7 Å². The van der Waals surface area contributed by atoms with Crippen LogP contribution in [0, 0.1) is 19.3 Å². The molecule has 1 atom stereocenters. The molecular formula is C18H23ClN2O2. The van der Waals surface area contributed by atoms with Gasteiger partial charge in [-0.15, -0.1) is 0 Å². The molecule has 5 heteroatoms. The third kappa shape index (κ3) is 3.94. The van der Waals surface area contributed by atoms with Gasteiger partial charge in [0.05, 0.1) is 17.2 Å². The standard InChI is InChI=1S/C18H23ClN2O2/c1-11-7-8-14(10-15(11)19)13(3)21-16(9-12(2)20-21)23-17(22)18(4,5)6/h7-10,13H,1-6H3. The van der Waals surface area contributed by atoms with E-state index in [0.717, 1.165) is 16.8 Å². The summed E-state index contributed by atoms with van der Waals surface area (Å²) in [7, 11) is 0. The minimum atomic E-state index is -0.570. The highest BCUT2D eigenvalue weighted by molar-refractivity contribution is 6.31. The van der Waals surface area contributed by atoms with Crippen molar-refractivity contribution in [1.29, 1.82) is 0 Å². The summed E-state index contributed by atoms with van der Waals surface area (Å²) >= 11 is 6.22. The molecule has 0 saturated heterocycles. The first-order valence-electron chi connectivity index (χ1n) is 7.64. The molecule has 0 radical (unpaired) electrons. The van der Waals surface area contributed by atoms with Gasteiger partial charge in [0.2, 0.25) is 5.88 Å². The number of nitrogens with zero attached hydrogens (tertiary/aromatic N) is 2. The minimum Gasteiger partial charge on any atom is -0.407 e. The van der Waals surface area contributed by atoms with Crippen molar-refractivity contribution in [2.75, 3.05) is 0 Å². The van der Waals surface area contributed by atoms with Gasteiger partial charge < -0.3 is 4.74 Å². The van der Waals surface area contributed by atoms with Gasteiger partial charge in [0.25, 0.3) is 0 Å². The van der Waals surface area contributed by atoms with Crippen molar-refractivity contribution in [2.45, 2.75) is 47.6 Å². The normalized spacial score (nSPS) is 13.0. The number of hydrogen-bond donors (Lipinski definition) is 0. The molecule has 1 aromatic heterocycles. The first-order chi connectivity index (χ1) is 10.6. The van der Waals surface area contributed by atoms with Gasteiger partial charge in [0.1, 0.15) is 0 Å². The molecule has 2 aromatic rings. The number of aromatic nitrogens is 2. The molecule has 2 rings (SSSR count). The summed E-state index contributed by atoms with van der Waals surface area (Å²) in [5, 5.41) is 5.18. The van der Waals surface area contributed by atoms with Crippen LogP contribution in [-0.4, -0.2) is 15.7 Å². The van der Waals surface area contributed by atoms with Crippen molar-refractivity contribution in [3.63, 3.8) is 0 Å². The number of aryl methyl sites for hydroxylation is 2. The Labute approximate surface area is 142 Å². The van der Waals surface area contributed by atoms with Gasteiger partial charge >= 0.3 is 5.97 Å². The Bertz CT molecular complexity index is 729. The SMILES string of the molecule is Cc1cc(OC(=O)C(C)(C)C)n(C(C)c2ccc(C)c(Cl)c2)n1. The zero-order chi connectivity index (χ0) is 17.4. The Morgan fingerprint density at radius 2 is 1.91 bits per heavy atom. The van der Waals surface area contributed by atoms with Crippen molar-refractivity contribution in [3.8, 4) is 5.88 Å². The van der Waals surface area contributed by atoms with Gasteiger partial charge in [0.15, 0.2) is 0 Å². The summed E-state index contributed by atoms with van der Waals surface area (Å²) in [5.41, 5.74) is 2.27.